The van der Waals surface area contributed by atoms with Gasteiger partial charge in [0.05, 0.1) is 16.6 Å². The van der Waals surface area contributed by atoms with Crippen molar-refractivity contribution < 1.29 is 19.5 Å². The van der Waals surface area contributed by atoms with Gasteiger partial charge in [-0.2, -0.15) is 0 Å². The number of carboxylic acids is 1. The van der Waals surface area contributed by atoms with E-state index in [0.717, 1.165) is 11.1 Å². The van der Waals surface area contributed by atoms with Gasteiger partial charge in [-0.1, -0.05) is 18.2 Å². The molecule has 1 amide bonds. The molecule has 0 spiro atoms. The number of fused-ring (bicyclic) bond motifs is 1. The van der Waals surface area contributed by atoms with Crippen molar-refractivity contribution in [3.8, 4) is 11.1 Å². The molecule has 2 heterocycles. The van der Waals surface area contributed by atoms with Crippen LogP contribution in [0.5, 0.6) is 0 Å². The SMILES string of the molecule is CC(=O)n1cc(C(=O)Nc2cc(C(=O)O)cc(-c3cncc(C)c3)c2)c2ccccc21. The summed E-state index contributed by atoms with van der Waals surface area (Å²) in [5, 5.41) is 12.9. The number of amides is 1. The van der Waals surface area contributed by atoms with Crippen molar-refractivity contribution in [2.75, 3.05) is 5.32 Å². The zero-order valence-corrected chi connectivity index (χ0v) is 16.9. The molecule has 0 saturated heterocycles. The lowest BCUT2D eigenvalue weighted by molar-refractivity contribution is 0.0696. The van der Waals surface area contributed by atoms with Gasteiger partial charge in [-0.05, 0) is 48.4 Å². The molecule has 0 aliphatic carbocycles. The first-order valence-corrected chi connectivity index (χ1v) is 9.56. The Kier molecular flexibility index (Phi) is 5.09. The van der Waals surface area contributed by atoms with Crippen molar-refractivity contribution in [2.24, 2.45) is 0 Å². The molecule has 2 N–H and O–H groups in total. The highest BCUT2D eigenvalue weighted by Gasteiger charge is 2.18. The highest BCUT2D eigenvalue weighted by atomic mass is 16.4. The van der Waals surface area contributed by atoms with Crippen LogP contribution in [0.4, 0.5) is 5.69 Å². The summed E-state index contributed by atoms with van der Waals surface area (Å²) in [4.78, 5) is 40.8. The third-order valence-corrected chi connectivity index (χ3v) is 4.94. The maximum atomic E-state index is 13.1. The fourth-order valence-corrected chi connectivity index (χ4v) is 3.52. The van der Waals surface area contributed by atoms with Crippen molar-refractivity contribution >= 4 is 34.4 Å². The number of aryl methyl sites for hydroxylation is 1. The first-order chi connectivity index (χ1) is 14.8. The summed E-state index contributed by atoms with van der Waals surface area (Å²) < 4.78 is 1.42. The molecule has 0 unspecified atom stereocenters. The Bertz CT molecular complexity index is 1350. The minimum atomic E-state index is -1.11. The lowest BCUT2D eigenvalue weighted by Gasteiger charge is -2.10. The fourth-order valence-electron chi connectivity index (χ4n) is 3.52. The first kappa shape index (κ1) is 20.0. The van der Waals surface area contributed by atoms with Gasteiger partial charge in [-0.25, -0.2) is 4.79 Å². The van der Waals surface area contributed by atoms with Gasteiger partial charge in [-0.3, -0.25) is 19.1 Å². The summed E-state index contributed by atoms with van der Waals surface area (Å²) in [5.74, 6) is -1.75. The van der Waals surface area contributed by atoms with Crippen LogP contribution < -0.4 is 5.32 Å². The predicted octanol–water partition coefficient (Wildman–Crippen LogP) is 4.62. The van der Waals surface area contributed by atoms with Crippen LogP contribution in [0.15, 0.2) is 67.1 Å². The summed E-state index contributed by atoms with van der Waals surface area (Å²) >= 11 is 0. The van der Waals surface area contributed by atoms with E-state index in [1.807, 2.05) is 13.0 Å². The van der Waals surface area contributed by atoms with E-state index in [1.165, 1.54) is 29.8 Å². The lowest BCUT2D eigenvalue weighted by atomic mass is 10.0. The van der Waals surface area contributed by atoms with Gasteiger partial charge in [-0.15, -0.1) is 0 Å². The minimum absolute atomic E-state index is 0.0421. The average molecular weight is 413 g/mol. The molecule has 2 aromatic heterocycles. The number of nitrogens with one attached hydrogen (secondary N) is 1. The highest BCUT2D eigenvalue weighted by Crippen LogP contribution is 2.27. The Morgan fingerprint density at radius 3 is 2.48 bits per heavy atom. The van der Waals surface area contributed by atoms with E-state index < -0.39 is 11.9 Å². The highest BCUT2D eigenvalue weighted by molar-refractivity contribution is 6.14. The summed E-state index contributed by atoms with van der Waals surface area (Å²) in [6.07, 6.45) is 4.84. The summed E-state index contributed by atoms with van der Waals surface area (Å²) in [5.41, 5.74) is 3.63. The van der Waals surface area contributed by atoms with Gasteiger partial charge >= 0.3 is 5.97 Å². The Balaban J connectivity index is 1.76. The van der Waals surface area contributed by atoms with E-state index in [4.69, 9.17) is 0 Å². The van der Waals surface area contributed by atoms with Gasteiger partial charge in [0, 0.05) is 42.2 Å². The molecule has 154 valence electrons. The Morgan fingerprint density at radius 1 is 1.00 bits per heavy atom. The molecule has 0 atom stereocenters. The first-order valence-electron chi connectivity index (χ1n) is 9.56. The number of carbonyl (C=O) groups excluding carboxylic acids is 2. The van der Waals surface area contributed by atoms with Crippen LogP contribution in [0.1, 0.15) is 38.0 Å². The number of rotatable bonds is 4. The zero-order valence-electron chi connectivity index (χ0n) is 16.9. The normalized spacial score (nSPS) is 10.8. The maximum Gasteiger partial charge on any atom is 0.335 e. The topological polar surface area (TPSA) is 101 Å². The Morgan fingerprint density at radius 2 is 1.77 bits per heavy atom. The average Bonchev–Trinajstić information content (AvgIpc) is 3.14. The summed E-state index contributed by atoms with van der Waals surface area (Å²) in [6.45, 7) is 3.32. The molecule has 0 fully saturated rings. The standard InChI is InChI=1S/C24H19N3O4/c1-14-7-18(12-25-11-14)16-8-17(24(30)31)10-19(9-16)26-23(29)21-13-27(15(2)28)22-6-4-3-5-20(21)22/h3-13H,1-2H3,(H,26,29)(H,30,31). The quantitative estimate of drug-likeness (QED) is 0.508. The predicted molar refractivity (Wildman–Crippen MR) is 118 cm³/mol. The van der Waals surface area contributed by atoms with Crippen LogP contribution in [0, 0.1) is 6.92 Å². The molecule has 4 rings (SSSR count). The number of carbonyl (C=O) groups is 3. The number of anilines is 1. The molecular weight excluding hydrogens is 394 g/mol. The van der Waals surface area contributed by atoms with Crippen LogP contribution in [-0.4, -0.2) is 32.4 Å². The Hall–Kier alpha value is -4.26. The van der Waals surface area contributed by atoms with Gasteiger partial charge in [0.2, 0.25) is 5.91 Å². The van der Waals surface area contributed by atoms with Crippen molar-refractivity contribution in [1.82, 2.24) is 9.55 Å². The molecule has 4 aromatic rings. The van der Waals surface area contributed by atoms with Crippen molar-refractivity contribution in [3.63, 3.8) is 0 Å². The molecule has 7 heteroatoms. The molecule has 31 heavy (non-hydrogen) atoms. The van der Waals surface area contributed by atoms with Gasteiger partial charge < -0.3 is 10.4 Å². The van der Waals surface area contributed by atoms with Crippen LogP contribution in [0.2, 0.25) is 0 Å². The van der Waals surface area contributed by atoms with E-state index in [-0.39, 0.29) is 11.5 Å². The number of aromatic carboxylic acids is 1. The molecule has 7 nitrogen and oxygen atoms in total. The lowest BCUT2D eigenvalue weighted by Crippen LogP contribution is -2.13. The fraction of sp³-hybridized carbons (Fsp3) is 0.0833. The third kappa shape index (κ3) is 3.93. The second kappa shape index (κ2) is 7.87. The number of carboxylic acid groups (broad SMARTS) is 1. The van der Waals surface area contributed by atoms with E-state index in [9.17, 15) is 19.5 Å². The van der Waals surface area contributed by atoms with Crippen LogP contribution in [-0.2, 0) is 0 Å². The van der Waals surface area contributed by atoms with E-state index in [0.29, 0.717) is 27.7 Å². The van der Waals surface area contributed by atoms with Gasteiger partial charge in [0.15, 0.2) is 0 Å². The summed E-state index contributed by atoms with van der Waals surface area (Å²) in [6, 6.07) is 13.6. The number of nitrogens with zero attached hydrogens (tertiary/aromatic N) is 2. The number of benzene rings is 2. The van der Waals surface area contributed by atoms with Crippen LogP contribution in [0.3, 0.4) is 0 Å². The molecule has 2 aromatic carbocycles. The van der Waals surface area contributed by atoms with Crippen molar-refractivity contribution in [3.05, 3.63) is 83.8 Å². The molecule has 0 aliphatic heterocycles. The molecule has 0 radical (unpaired) electrons. The van der Waals surface area contributed by atoms with E-state index in [2.05, 4.69) is 10.3 Å². The molecule has 0 aliphatic rings. The largest absolute Gasteiger partial charge is 0.478 e. The third-order valence-electron chi connectivity index (χ3n) is 4.94. The number of hydrogen-bond donors (Lipinski definition) is 2. The number of aromatic nitrogens is 2. The smallest absolute Gasteiger partial charge is 0.335 e. The van der Waals surface area contributed by atoms with E-state index >= 15 is 0 Å². The monoisotopic (exact) mass is 413 g/mol. The number of para-hydroxylation sites is 1. The second-order valence-electron chi connectivity index (χ2n) is 7.26. The zero-order chi connectivity index (χ0) is 22.1. The van der Waals surface area contributed by atoms with Crippen molar-refractivity contribution in [1.29, 1.82) is 0 Å². The number of pyridine rings is 1. The van der Waals surface area contributed by atoms with Crippen LogP contribution in [0.25, 0.3) is 22.0 Å². The number of hydrogen-bond acceptors (Lipinski definition) is 4. The summed E-state index contributed by atoms with van der Waals surface area (Å²) in [7, 11) is 0. The molecule has 0 bridgehead atoms. The maximum absolute atomic E-state index is 13.1. The van der Waals surface area contributed by atoms with Gasteiger partial charge in [0.1, 0.15) is 0 Å². The van der Waals surface area contributed by atoms with Gasteiger partial charge in [0.25, 0.3) is 5.91 Å². The van der Waals surface area contributed by atoms with Crippen LogP contribution >= 0.6 is 0 Å². The van der Waals surface area contributed by atoms with Crippen molar-refractivity contribution in [2.45, 2.75) is 13.8 Å². The minimum Gasteiger partial charge on any atom is -0.478 e. The van der Waals surface area contributed by atoms with E-state index in [1.54, 1.807) is 42.7 Å². The second-order valence-corrected chi connectivity index (χ2v) is 7.26. The molecular formula is C24H19N3O4. The molecule has 0 saturated carbocycles. The Labute approximate surface area is 178 Å².